The zero-order valence-corrected chi connectivity index (χ0v) is 20.3. The third-order valence-corrected chi connectivity index (χ3v) is 7.53. The summed E-state index contributed by atoms with van der Waals surface area (Å²) < 4.78 is 95.1. The largest absolute Gasteiger partial charge is 0.522 e. The van der Waals surface area contributed by atoms with Crippen LogP contribution in [0.15, 0.2) is 69.0 Å². The molecule has 2 aromatic carbocycles. The predicted molar refractivity (Wildman–Crippen MR) is 126 cm³/mol. The summed E-state index contributed by atoms with van der Waals surface area (Å²) in [4.78, 5) is 12.8. The van der Waals surface area contributed by atoms with Crippen LogP contribution in [0.4, 0.5) is 23.4 Å². The highest BCUT2D eigenvalue weighted by Crippen LogP contribution is 2.50. The van der Waals surface area contributed by atoms with Crippen LogP contribution in [0, 0.1) is 11.7 Å². The van der Waals surface area contributed by atoms with Crippen LogP contribution in [0.2, 0.25) is 0 Å². The number of fused-ring (bicyclic) bond motifs is 1. The van der Waals surface area contributed by atoms with E-state index in [-0.39, 0.29) is 33.2 Å². The molecule has 2 aromatic heterocycles. The van der Waals surface area contributed by atoms with Crippen LogP contribution in [0.25, 0.3) is 16.6 Å². The zero-order valence-electron chi connectivity index (χ0n) is 19.5. The number of alkyl halides is 3. The summed E-state index contributed by atoms with van der Waals surface area (Å²) in [5.74, 6) is -1.62. The van der Waals surface area contributed by atoms with Gasteiger partial charge in [0.1, 0.15) is 17.8 Å². The summed E-state index contributed by atoms with van der Waals surface area (Å²) in [6.45, 7) is -0.586. The Bertz CT molecular complexity index is 1670. The standard InChI is InChI=1S/C24H19F4N3O6S/c1-35-21-10-17(16-9-14(16)12-36-24(26,27)28)18(25)11-20(21)31-19-4-3-15(8-13(19)2-5-23(31)32)38(33,34)30-22-6-7-37-29-22/h2-8,10-11,14,16H,9,12H2,1H3,(H,29,30)/t14-,16+/m1/s1. The van der Waals surface area contributed by atoms with Gasteiger partial charge in [0, 0.05) is 23.6 Å². The molecule has 1 fully saturated rings. The van der Waals surface area contributed by atoms with Gasteiger partial charge in [-0.15, -0.1) is 13.2 Å². The lowest BCUT2D eigenvalue weighted by molar-refractivity contribution is -0.326. The van der Waals surface area contributed by atoms with Crippen molar-refractivity contribution in [2.75, 3.05) is 18.4 Å². The monoisotopic (exact) mass is 553 g/mol. The Morgan fingerprint density at radius 1 is 1.16 bits per heavy atom. The van der Waals surface area contributed by atoms with Crippen LogP contribution >= 0.6 is 0 Å². The first-order valence-corrected chi connectivity index (χ1v) is 12.6. The molecule has 0 amide bonds. The van der Waals surface area contributed by atoms with Gasteiger partial charge in [-0.05, 0) is 54.2 Å². The van der Waals surface area contributed by atoms with E-state index in [1.54, 1.807) is 0 Å². The summed E-state index contributed by atoms with van der Waals surface area (Å²) >= 11 is 0. The maximum atomic E-state index is 15.2. The van der Waals surface area contributed by atoms with Crippen LogP contribution in [-0.2, 0) is 14.8 Å². The van der Waals surface area contributed by atoms with Gasteiger partial charge >= 0.3 is 6.36 Å². The van der Waals surface area contributed by atoms with Crippen molar-refractivity contribution in [3.05, 3.63) is 76.5 Å². The lowest BCUT2D eigenvalue weighted by Crippen LogP contribution is -2.19. The van der Waals surface area contributed by atoms with Crippen molar-refractivity contribution in [1.82, 2.24) is 9.72 Å². The molecule has 0 saturated heterocycles. The second-order valence-corrected chi connectivity index (χ2v) is 10.3. The molecule has 0 aliphatic heterocycles. The Labute approximate surface area is 212 Å². The minimum atomic E-state index is -4.77. The first-order valence-electron chi connectivity index (χ1n) is 11.1. The first-order chi connectivity index (χ1) is 18.0. The van der Waals surface area contributed by atoms with Gasteiger partial charge in [0.25, 0.3) is 15.6 Å². The quantitative estimate of drug-likeness (QED) is 0.318. The Morgan fingerprint density at radius 3 is 2.63 bits per heavy atom. The highest BCUT2D eigenvalue weighted by molar-refractivity contribution is 7.92. The van der Waals surface area contributed by atoms with Gasteiger partial charge in [-0.2, -0.15) is 0 Å². The molecule has 0 bridgehead atoms. The number of hydrogen-bond donors (Lipinski definition) is 1. The van der Waals surface area contributed by atoms with E-state index in [0.717, 1.165) is 6.07 Å². The number of methoxy groups -OCH3 is 1. The first kappa shape index (κ1) is 25.7. The van der Waals surface area contributed by atoms with Crippen molar-refractivity contribution in [3.8, 4) is 11.4 Å². The number of hydrogen-bond acceptors (Lipinski definition) is 7. The highest BCUT2D eigenvalue weighted by Gasteiger charge is 2.43. The van der Waals surface area contributed by atoms with E-state index in [1.165, 1.54) is 60.4 Å². The fraction of sp³-hybridized carbons (Fsp3) is 0.250. The summed E-state index contributed by atoms with van der Waals surface area (Å²) in [6.07, 6.45) is -3.26. The summed E-state index contributed by atoms with van der Waals surface area (Å²) in [7, 11) is -2.72. The molecule has 2 heterocycles. The molecule has 38 heavy (non-hydrogen) atoms. The molecule has 0 spiro atoms. The predicted octanol–water partition coefficient (Wildman–Crippen LogP) is 4.57. The van der Waals surface area contributed by atoms with Crippen molar-refractivity contribution < 1.29 is 40.0 Å². The van der Waals surface area contributed by atoms with E-state index in [1.807, 2.05) is 0 Å². The van der Waals surface area contributed by atoms with Gasteiger partial charge in [0.05, 0.1) is 29.8 Å². The lowest BCUT2D eigenvalue weighted by atomic mass is 10.1. The minimum absolute atomic E-state index is 0.0155. The van der Waals surface area contributed by atoms with Crippen LogP contribution in [0.1, 0.15) is 17.9 Å². The summed E-state index contributed by atoms with van der Waals surface area (Å²) in [6, 6.07) is 10.4. The molecule has 5 rings (SSSR count). The molecule has 200 valence electrons. The van der Waals surface area contributed by atoms with Crippen molar-refractivity contribution in [1.29, 1.82) is 0 Å². The smallest absolute Gasteiger partial charge is 0.495 e. The molecular weight excluding hydrogens is 534 g/mol. The van der Waals surface area contributed by atoms with Gasteiger partial charge in [0.2, 0.25) is 0 Å². The van der Waals surface area contributed by atoms with Crippen molar-refractivity contribution >= 4 is 26.7 Å². The van der Waals surface area contributed by atoms with E-state index in [4.69, 9.17) is 4.74 Å². The minimum Gasteiger partial charge on any atom is -0.495 e. The van der Waals surface area contributed by atoms with Gasteiger partial charge in [0.15, 0.2) is 5.82 Å². The van der Waals surface area contributed by atoms with E-state index in [0.29, 0.717) is 11.8 Å². The number of benzene rings is 2. The highest BCUT2D eigenvalue weighted by atomic mass is 32.2. The van der Waals surface area contributed by atoms with E-state index < -0.39 is 46.2 Å². The van der Waals surface area contributed by atoms with Crippen molar-refractivity contribution in [3.63, 3.8) is 0 Å². The van der Waals surface area contributed by atoms with Gasteiger partial charge in [-0.1, -0.05) is 5.16 Å². The summed E-state index contributed by atoms with van der Waals surface area (Å²) in [5.41, 5.74) is -0.0697. The average molecular weight is 553 g/mol. The molecule has 1 aliphatic carbocycles. The fourth-order valence-electron chi connectivity index (χ4n) is 4.30. The normalized spacial score (nSPS) is 17.5. The van der Waals surface area contributed by atoms with Crippen LogP contribution in [-0.4, -0.2) is 38.2 Å². The number of pyridine rings is 1. The lowest BCUT2D eigenvalue weighted by Gasteiger charge is -2.16. The van der Waals surface area contributed by atoms with Crippen LogP contribution in [0.5, 0.6) is 5.75 Å². The third kappa shape index (κ3) is 5.09. The number of sulfonamides is 1. The topological polar surface area (TPSA) is 113 Å². The van der Waals surface area contributed by atoms with Gasteiger partial charge in [-0.25, -0.2) is 12.8 Å². The summed E-state index contributed by atoms with van der Waals surface area (Å²) in [5, 5.41) is 3.87. The van der Waals surface area contributed by atoms with Crippen LogP contribution in [0.3, 0.4) is 0 Å². The molecule has 1 aliphatic rings. The van der Waals surface area contributed by atoms with Gasteiger partial charge < -0.3 is 9.26 Å². The molecule has 1 saturated carbocycles. The van der Waals surface area contributed by atoms with Crippen LogP contribution < -0.4 is 15.0 Å². The maximum Gasteiger partial charge on any atom is 0.522 e. The number of ether oxygens (including phenoxy) is 2. The van der Waals surface area contributed by atoms with Gasteiger partial charge in [-0.3, -0.25) is 18.8 Å². The number of aromatic nitrogens is 2. The molecule has 1 N–H and O–H groups in total. The number of anilines is 1. The average Bonchev–Trinajstić information content (AvgIpc) is 3.46. The van der Waals surface area contributed by atoms with E-state index in [2.05, 4.69) is 19.1 Å². The zero-order chi connectivity index (χ0) is 27.2. The number of nitrogens with one attached hydrogen (secondary N) is 1. The van der Waals surface area contributed by atoms with E-state index in [9.17, 15) is 26.4 Å². The SMILES string of the molecule is COc1cc([C@H]2C[C@@H]2COC(F)(F)F)c(F)cc1-n1c(=O)ccc2cc(S(=O)(=O)Nc3ccon3)ccc21. The van der Waals surface area contributed by atoms with E-state index >= 15 is 4.39 Å². The molecule has 14 heteroatoms. The number of halogens is 4. The Balaban J connectivity index is 1.51. The fourth-order valence-corrected chi connectivity index (χ4v) is 5.32. The second-order valence-electron chi connectivity index (χ2n) is 8.62. The molecule has 2 atom stereocenters. The molecule has 4 aromatic rings. The molecule has 0 unspecified atom stereocenters. The van der Waals surface area contributed by atoms with Crippen molar-refractivity contribution in [2.45, 2.75) is 23.6 Å². The van der Waals surface area contributed by atoms with Crippen molar-refractivity contribution in [2.24, 2.45) is 5.92 Å². The molecule has 9 nitrogen and oxygen atoms in total. The Hall–Kier alpha value is -3.91. The number of rotatable bonds is 8. The molecular formula is C24H19F4N3O6S. The number of nitrogens with zero attached hydrogens (tertiary/aromatic N) is 2. The second kappa shape index (κ2) is 9.44. The Morgan fingerprint density at radius 2 is 1.95 bits per heavy atom. The molecule has 0 radical (unpaired) electrons. The maximum absolute atomic E-state index is 15.2. The Kier molecular flexibility index (Phi) is 6.39. The third-order valence-electron chi connectivity index (χ3n) is 6.18.